The molecule has 0 saturated carbocycles. The lowest BCUT2D eigenvalue weighted by Gasteiger charge is -2.32. The molecule has 0 bridgehead atoms. The third-order valence-electron chi connectivity index (χ3n) is 4.72. The molecule has 0 unspecified atom stereocenters. The van der Waals surface area contributed by atoms with E-state index in [0.29, 0.717) is 6.54 Å². The van der Waals surface area contributed by atoms with Gasteiger partial charge in [0.05, 0.1) is 20.0 Å². The molecule has 11 heteroatoms. The van der Waals surface area contributed by atoms with Crippen molar-refractivity contribution in [2.75, 3.05) is 11.3 Å². The standard InChI is InChI=1S/C18H19Cl3N2O4S2/c1-12-4-2-3-9-23(12)29(26,27)14-7-5-13(6-8-14)22-28(24,25)18-11-16(20)15(19)10-17(18)21/h5-8,10-12,22H,2-4,9H2,1H3/t12-/m1/s1. The van der Waals surface area contributed by atoms with E-state index >= 15 is 0 Å². The summed E-state index contributed by atoms with van der Waals surface area (Å²) < 4.78 is 54.9. The number of hydrogen-bond donors (Lipinski definition) is 1. The fourth-order valence-electron chi connectivity index (χ4n) is 3.18. The molecule has 1 N–H and O–H groups in total. The van der Waals surface area contributed by atoms with Crippen molar-refractivity contribution < 1.29 is 16.8 Å². The Morgan fingerprint density at radius 1 is 0.931 bits per heavy atom. The highest BCUT2D eigenvalue weighted by molar-refractivity contribution is 7.92. The van der Waals surface area contributed by atoms with Crippen LogP contribution >= 0.6 is 34.8 Å². The Labute approximate surface area is 185 Å². The van der Waals surface area contributed by atoms with Gasteiger partial charge < -0.3 is 0 Å². The van der Waals surface area contributed by atoms with Gasteiger partial charge >= 0.3 is 0 Å². The maximum absolute atomic E-state index is 12.9. The molecular formula is C18H19Cl3N2O4S2. The smallest absolute Gasteiger partial charge is 0.263 e. The predicted molar refractivity (Wildman–Crippen MR) is 116 cm³/mol. The molecule has 0 aromatic heterocycles. The van der Waals surface area contributed by atoms with E-state index in [1.165, 1.54) is 34.6 Å². The summed E-state index contributed by atoms with van der Waals surface area (Å²) >= 11 is 17.7. The van der Waals surface area contributed by atoms with Gasteiger partial charge in [-0.15, -0.1) is 0 Å². The zero-order chi connectivity index (χ0) is 21.4. The summed E-state index contributed by atoms with van der Waals surface area (Å²) in [7, 11) is -7.68. The van der Waals surface area contributed by atoms with E-state index in [9.17, 15) is 16.8 Å². The second-order valence-corrected chi connectivity index (χ2v) is 11.6. The molecule has 0 radical (unpaired) electrons. The van der Waals surface area contributed by atoms with E-state index in [2.05, 4.69) is 4.72 Å². The van der Waals surface area contributed by atoms with Crippen LogP contribution in [0.2, 0.25) is 15.1 Å². The maximum atomic E-state index is 12.9. The van der Waals surface area contributed by atoms with E-state index in [-0.39, 0.29) is 36.6 Å². The minimum absolute atomic E-state index is 0.0496. The summed E-state index contributed by atoms with van der Waals surface area (Å²) in [6.07, 6.45) is 2.65. The van der Waals surface area contributed by atoms with Crippen LogP contribution in [-0.2, 0) is 20.0 Å². The van der Waals surface area contributed by atoms with Crippen molar-refractivity contribution in [2.24, 2.45) is 0 Å². The predicted octanol–water partition coefficient (Wildman–Crippen LogP) is 5.01. The van der Waals surface area contributed by atoms with Crippen molar-refractivity contribution in [1.82, 2.24) is 4.31 Å². The molecule has 0 spiro atoms. The van der Waals surface area contributed by atoms with Gasteiger partial charge in [-0.3, -0.25) is 4.72 Å². The molecule has 0 amide bonds. The molecule has 0 aliphatic carbocycles. The highest BCUT2D eigenvalue weighted by Gasteiger charge is 2.31. The topological polar surface area (TPSA) is 83.6 Å². The van der Waals surface area contributed by atoms with Crippen molar-refractivity contribution in [2.45, 2.75) is 42.0 Å². The van der Waals surface area contributed by atoms with Gasteiger partial charge in [0.1, 0.15) is 4.90 Å². The average Bonchev–Trinajstić information content (AvgIpc) is 2.65. The first kappa shape index (κ1) is 22.7. The summed E-state index contributed by atoms with van der Waals surface area (Å²) in [5.74, 6) is 0. The number of rotatable bonds is 5. The molecule has 29 heavy (non-hydrogen) atoms. The fourth-order valence-corrected chi connectivity index (χ4v) is 6.94. The van der Waals surface area contributed by atoms with E-state index in [4.69, 9.17) is 34.8 Å². The Hall–Kier alpha value is -1.03. The number of nitrogens with zero attached hydrogens (tertiary/aromatic N) is 1. The maximum Gasteiger partial charge on any atom is 0.263 e. The quantitative estimate of drug-likeness (QED) is 0.589. The van der Waals surface area contributed by atoms with Gasteiger partial charge in [0.2, 0.25) is 10.0 Å². The molecular weight excluding hydrogens is 479 g/mol. The van der Waals surface area contributed by atoms with Crippen molar-refractivity contribution in [3.05, 3.63) is 51.5 Å². The molecule has 1 atom stereocenters. The molecule has 2 aromatic rings. The second kappa shape index (κ2) is 8.61. The second-order valence-electron chi connectivity index (χ2n) is 6.79. The molecule has 3 rings (SSSR count). The minimum Gasteiger partial charge on any atom is -0.280 e. The van der Waals surface area contributed by atoms with E-state index in [1.54, 1.807) is 0 Å². The van der Waals surface area contributed by atoms with E-state index in [0.717, 1.165) is 25.3 Å². The lowest BCUT2D eigenvalue weighted by Crippen LogP contribution is -2.41. The van der Waals surface area contributed by atoms with Crippen LogP contribution in [0.15, 0.2) is 46.2 Å². The summed E-state index contributed by atoms with van der Waals surface area (Å²) in [6, 6.07) is 7.88. The van der Waals surface area contributed by atoms with Gasteiger partial charge in [0, 0.05) is 18.3 Å². The molecule has 2 aromatic carbocycles. The van der Waals surface area contributed by atoms with Crippen LogP contribution < -0.4 is 4.72 Å². The van der Waals surface area contributed by atoms with Gasteiger partial charge in [-0.05, 0) is 56.2 Å². The summed E-state index contributed by atoms with van der Waals surface area (Å²) in [5.41, 5.74) is 0.192. The third-order valence-corrected chi connectivity index (χ3v) is 9.32. The van der Waals surface area contributed by atoms with Crippen LogP contribution in [0, 0.1) is 0 Å². The minimum atomic E-state index is -4.05. The summed E-state index contributed by atoms with van der Waals surface area (Å²) in [4.78, 5) is -0.117. The highest BCUT2D eigenvalue weighted by Crippen LogP contribution is 2.33. The Balaban J connectivity index is 1.84. The first-order valence-electron chi connectivity index (χ1n) is 8.81. The number of sulfonamides is 2. The number of halogens is 3. The third kappa shape index (κ3) is 4.84. The van der Waals surface area contributed by atoms with Crippen molar-refractivity contribution in [3.63, 3.8) is 0 Å². The van der Waals surface area contributed by atoms with Crippen molar-refractivity contribution in [3.8, 4) is 0 Å². The molecule has 1 aliphatic heterocycles. The van der Waals surface area contributed by atoms with Crippen LogP contribution in [0.5, 0.6) is 0 Å². The molecule has 1 aliphatic rings. The van der Waals surface area contributed by atoms with E-state index < -0.39 is 20.0 Å². The van der Waals surface area contributed by atoms with Gasteiger partial charge in [0.25, 0.3) is 10.0 Å². The van der Waals surface area contributed by atoms with E-state index in [1.807, 2.05) is 6.92 Å². The number of nitrogens with one attached hydrogen (secondary N) is 1. The van der Waals surface area contributed by atoms with Crippen LogP contribution in [0.4, 0.5) is 5.69 Å². The van der Waals surface area contributed by atoms with Crippen molar-refractivity contribution in [1.29, 1.82) is 0 Å². The van der Waals surface area contributed by atoms with Crippen molar-refractivity contribution >= 4 is 60.5 Å². The lowest BCUT2D eigenvalue weighted by molar-refractivity contribution is 0.268. The Morgan fingerprint density at radius 3 is 2.17 bits per heavy atom. The summed E-state index contributed by atoms with van der Waals surface area (Å²) in [5, 5.41) is 0.107. The highest BCUT2D eigenvalue weighted by atomic mass is 35.5. The Morgan fingerprint density at radius 2 is 1.55 bits per heavy atom. The number of anilines is 1. The summed E-state index contributed by atoms with van der Waals surface area (Å²) in [6.45, 7) is 2.37. The first-order chi connectivity index (χ1) is 13.5. The molecule has 1 saturated heterocycles. The number of benzene rings is 2. The fraction of sp³-hybridized carbons (Fsp3) is 0.333. The van der Waals surface area contributed by atoms with Crippen LogP contribution in [0.25, 0.3) is 0 Å². The van der Waals surface area contributed by atoms with Gasteiger partial charge in [0.15, 0.2) is 0 Å². The Bertz CT molecular complexity index is 1120. The Kier molecular flexibility index (Phi) is 6.72. The zero-order valence-electron chi connectivity index (χ0n) is 15.4. The number of piperidine rings is 1. The van der Waals surface area contributed by atoms with Gasteiger partial charge in [-0.2, -0.15) is 4.31 Å². The van der Waals surface area contributed by atoms with Crippen LogP contribution in [0.1, 0.15) is 26.2 Å². The van der Waals surface area contributed by atoms with Gasteiger partial charge in [-0.25, -0.2) is 16.8 Å². The molecule has 1 heterocycles. The van der Waals surface area contributed by atoms with Gasteiger partial charge in [-0.1, -0.05) is 41.2 Å². The molecule has 1 fully saturated rings. The first-order valence-corrected chi connectivity index (χ1v) is 12.9. The molecule has 6 nitrogen and oxygen atoms in total. The average molecular weight is 498 g/mol. The molecule has 158 valence electrons. The lowest BCUT2D eigenvalue weighted by atomic mass is 10.1. The monoisotopic (exact) mass is 496 g/mol. The van der Waals surface area contributed by atoms with Crippen LogP contribution in [0.3, 0.4) is 0 Å². The SMILES string of the molecule is C[C@@H]1CCCCN1S(=O)(=O)c1ccc(NS(=O)(=O)c2cc(Cl)c(Cl)cc2Cl)cc1. The largest absolute Gasteiger partial charge is 0.280 e. The number of hydrogen-bond acceptors (Lipinski definition) is 4. The zero-order valence-corrected chi connectivity index (χ0v) is 19.3. The van der Waals surface area contributed by atoms with Crippen LogP contribution in [-0.4, -0.2) is 33.7 Å². The normalized spacial score (nSPS) is 18.6.